The summed E-state index contributed by atoms with van der Waals surface area (Å²) in [6, 6.07) is 0. The van der Waals surface area contributed by atoms with Crippen LogP contribution in [0.15, 0.2) is 0 Å². The molecule has 1 rings (SSSR count). The van der Waals surface area contributed by atoms with Gasteiger partial charge in [-0.3, -0.25) is 0 Å². The van der Waals surface area contributed by atoms with Gasteiger partial charge in [-0.05, 0) is 0 Å². The molecule has 0 amide bonds. The summed E-state index contributed by atoms with van der Waals surface area (Å²) in [5.74, 6) is -1.60. The summed E-state index contributed by atoms with van der Waals surface area (Å²) in [6.07, 6.45) is 0. The zero-order valence-electron chi connectivity index (χ0n) is 4.63. The van der Waals surface area contributed by atoms with Crippen molar-refractivity contribution in [2.24, 2.45) is 0 Å². The van der Waals surface area contributed by atoms with Crippen LogP contribution >= 0.6 is 0 Å². The minimum atomic E-state index is -1.10. The van der Waals surface area contributed by atoms with Crippen LogP contribution in [-0.4, -0.2) is 18.9 Å². The second kappa shape index (κ2) is 1.43. The zero-order valence-corrected chi connectivity index (χ0v) is 4.63. The highest BCUT2D eigenvalue weighted by atomic mass is 17.4. The molecule has 1 aliphatic heterocycles. The first-order valence-corrected chi connectivity index (χ1v) is 2.14. The average Bonchev–Trinajstić information content (AvgIpc) is 2.47. The van der Waals surface area contributed by atoms with Gasteiger partial charge < -0.3 is 4.74 Å². The molecule has 0 aromatic heterocycles. The third kappa shape index (κ3) is 0.677. The third-order valence-electron chi connectivity index (χ3n) is 0.890. The first-order chi connectivity index (χ1) is 3.69. The van der Waals surface area contributed by atoms with Gasteiger partial charge in [-0.25, -0.2) is 4.79 Å². The van der Waals surface area contributed by atoms with E-state index in [1.54, 1.807) is 0 Å². The summed E-state index contributed by atoms with van der Waals surface area (Å²) >= 11 is 0. The minimum Gasteiger partial charge on any atom is -0.465 e. The number of hydrogen-bond acceptors (Lipinski definition) is 4. The smallest absolute Gasteiger partial charge is 0.372 e. The van der Waals surface area contributed by atoms with Gasteiger partial charge in [0.2, 0.25) is 0 Å². The van der Waals surface area contributed by atoms with Crippen molar-refractivity contribution in [1.29, 1.82) is 0 Å². The van der Waals surface area contributed by atoms with E-state index in [9.17, 15) is 4.79 Å². The Morgan fingerprint density at radius 1 is 1.62 bits per heavy atom. The molecule has 8 heavy (non-hydrogen) atoms. The maximum absolute atomic E-state index is 10.4. The van der Waals surface area contributed by atoms with Crippen molar-refractivity contribution in [1.82, 2.24) is 0 Å². The zero-order chi connectivity index (χ0) is 6.20. The monoisotopic (exact) mass is 118 g/mol. The van der Waals surface area contributed by atoms with E-state index in [0.717, 1.165) is 0 Å². The van der Waals surface area contributed by atoms with Crippen LogP contribution in [0.5, 0.6) is 0 Å². The fourth-order valence-electron chi connectivity index (χ4n) is 0.316. The van der Waals surface area contributed by atoms with Crippen LogP contribution in [0, 0.1) is 0 Å². The highest BCUT2D eigenvalue weighted by molar-refractivity contribution is 5.78. The van der Waals surface area contributed by atoms with E-state index < -0.39 is 11.8 Å². The summed E-state index contributed by atoms with van der Waals surface area (Å²) in [7, 11) is 1.28. The van der Waals surface area contributed by atoms with Gasteiger partial charge in [0.25, 0.3) is 0 Å². The minimum absolute atomic E-state index is 0.502. The summed E-state index contributed by atoms with van der Waals surface area (Å²) < 4.78 is 4.29. The molecule has 0 aromatic rings. The van der Waals surface area contributed by atoms with E-state index in [1.807, 2.05) is 0 Å². The van der Waals surface area contributed by atoms with E-state index in [2.05, 4.69) is 14.5 Å². The number of carbonyl (C=O) groups excluding carboxylic acids is 1. The van der Waals surface area contributed by atoms with Gasteiger partial charge >= 0.3 is 11.8 Å². The summed E-state index contributed by atoms with van der Waals surface area (Å²) in [5.41, 5.74) is 0. The molecule has 0 unspecified atom stereocenters. The van der Waals surface area contributed by atoms with Gasteiger partial charge in [-0.1, -0.05) is 0 Å². The summed E-state index contributed by atoms with van der Waals surface area (Å²) in [6.45, 7) is 1.48. The van der Waals surface area contributed by atoms with E-state index in [1.165, 1.54) is 14.0 Å². The standard InChI is InChI=1S/C4H6O4/c1-4(7-8-4)3(5)6-2/h1-2H3. The Bertz CT molecular complexity index is 115. The normalized spacial score (nSPS) is 22.2. The molecule has 4 nitrogen and oxygen atoms in total. The maximum atomic E-state index is 10.4. The van der Waals surface area contributed by atoms with E-state index >= 15 is 0 Å². The van der Waals surface area contributed by atoms with Crippen molar-refractivity contribution in [3.63, 3.8) is 0 Å². The fraction of sp³-hybridized carbons (Fsp3) is 0.750. The van der Waals surface area contributed by atoms with Gasteiger partial charge in [0.05, 0.1) is 7.11 Å². The quantitative estimate of drug-likeness (QED) is 0.272. The Balaban J connectivity index is 2.46. The van der Waals surface area contributed by atoms with Crippen molar-refractivity contribution in [3.05, 3.63) is 0 Å². The van der Waals surface area contributed by atoms with Crippen LogP contribution in [-0.2, 0) is 19.3 Å². The SMILES string of the molecule is COC(=O)C1(C)OO1. The lowest BCUT2D eigenvalue weighted by molar-refractivity contribution is -0.147. The molecule has 0 aromatic carbocycles. The van der Waals surface area contributed by atoms with Crippen LogP contribution < -0.4 is 0 Å². The first kappa shape index (κ1) is 5.53. The van der Waals surface area contributed by atoms with Gasteiger partial charge in [0.15, 0.2) is 0 Å². The van der Waals surface area contributed by atoms with Crippen molar-refractivity contribution in [3.8, 4) is 0 Å². The molecular weight excluding hydrogens is 112 g/mol. The van der Waals surface area contributed by atoms with Crippen molar-refractivity contribution < 1.29 is 19.3 Å². The Kier molecular flexibility index (Phi) is 0.988. The molecule has 0 radical (unpaired) electrons. The topological polar surface area (TPSA) is 51.4 Å². The van der Waals surface area contributed by atoms with E-state index in [4.69, 9.17) is 0 Å². The number of esters is 1. The molecule has 0 aliphatic carbocycles. The Labute approximate surface area is 46.3 Å². The van der Waals surface area contributed by atoms with Crippen molar-refractivity contribution in [2.45, 2.75) is 12.7 Å². The largest absolute Gasteiger partial charge is 0.465 e. The predicted octanol–water partition coefficient (Wildman–Crippen LogP) is -0.163. The Hall–Kier alpha value is -0.610. The highest BCUT2D eigenvalue weighted by Gasteiger charge is 2.53. The highest BCUT2D eigenvalue weighted by Crippen LogP contribution is 2.29. The lowest BCUT2D eigenvalue weighted by Crippen LogP contribution is -2.20. The number of hydrogen-bond donors (Lipinski definition) is 0. The number of carbonyl (C=O) groups is 1. The second-order valence-electron chi connectivity index (χ2n) is 1.60. The fourth-order valence-corrected chi connectivity index (χ4v) is 0.316. The van der Waals surface area contributed by atoms with E-state index in [-0.39, 0.29) is 0 Å². The Morgan fingerprint density at radius 2 is 2.12 bits per heavy atom. The molecule has 0 bridgehead atoms. The molecule has 0 N–H and O–H groups in total. The molecule has 1 fully saturated rings. The average molecular weight is 118 g/mol. The van der Waals surface area contributed by atoms with Crippen molar-refractivity contribution >= 4 is 5.97 Å². The van der Waals surface area contributed by atoms with Crippen LogP contribution in [0.1, 0.15) is 6.92 Å². The summed E-state index contributed by atoms with van der Waals surface area (Å²) in [4.78, 5) is 19.0. The molecule has 1 aliphatic rings. The van der Waals surface area contributed by atoms with Gasteiger partial charge in [0, 0.05) is 6.92 Å². The molecule has 1 saturated heterocycles. The summed E-state index contributed by atoms with van der Waals surface area (Å²) in [5, 5.41) is 0. The van der Waals surface area contributed by atoms with E-state index in [0.29, 0.717) is 0 Å². The van der Waals surface area contributed by atoms with Crippen LogP contribution in [0.3, 0.4) is 0 Å². The molecule has 1 heterocycles. The second-order valence-corrected chi connectivity index (χ2v) is 1.60. The van der Waals surface area contributed by atoms with Gasteiger partial charge in [0.1, 0.15) is 0 Å². The molecule has 0 atom stereocenters. The predicted molar refractivity (Wildman–Crippen MR) is 22.6 cm³/mol. The molecule has 46 valence electrons. The lowest BCUT2D eigenvalue weighted by Gasteiger charge is -1.93. The molecule has 0 spiro atoms. The molecule has 0 saturated carbocycles. The van der Waals surface area contributed by atoms with Crippen LogP contribution in [0.25, 0.3) is 0 Å². The Morgan fingerprint density at radius 3 is 2.25 bits per heavy atom. The maximum Gasteiger partial charge on any atom is 0.372 e. The van der Waals surface area contributed by atoms with Crippen molar-refractivity contribution in [2.75, 3.05) is 7.11 Å². The number of rotatable bonds is 1. The van der Waals surface area contributed by atoms with Gasteiger partial charge in [-0.2, -0.15) is 9.78 Å². The van der Waals surface area contributed by atoms with Gasteiger partial charge in [-0.15, -0.1) is 0 Å². The number of ether oxygens (including phenoxy) is 1. The first-order valence-electron chi connectivity index (χ1n) is 2.14. The molecular formula is C4H6O4. The van der Waals surface area contributed by atoms with Crippen LogP contribution in [0.2, 0.25) is 0 Å². The third-order valence-corrected chi connectivity index (χ3v) is 0.890. The molecule has 4 heteroatoms. The number of methoxy groups -OCH3 is 1. The lowest BCUT2D eigenvalue weighted by atomic mass is 10.4. The van der Waals surface area contributed by atoms with Crippen LogP contribution in [0.4, 0.5) is 0 Å².